The van der Waals surface area contributed by atoms with Crippen molar-refractivity contribution in [1.29, 1.82) is 0 Å². The molecule has 39 heavy (non-hydrogen) atoms. The first-order chi connectivity index (χ1) is 18.5. The van der Waals surface area contributed by atoms with Crippen LogP contribution in [0.15, 0.2) is 12.2 Å². The van der Waals surface area contributed by atoms with E-state index in [4.69, 9.17) is 0 Å². The van der Waals surface area contributed by atoms with Crippen molar-refractivity contribution in [2.45, 2.75) is 130 Å². The van der Waals surface area contributed by atoms with Gasteiger partial charge in [-0.15, -0.1) is 0 Å². The summed E-state index contributed by atoms with van der Waals surface area (Å²) in [6.07, 6.45) is 22.1. The number of unbranched alkanes of at least 4 members (excludes halogenated alkanes) is 11. The molecule has 0 aromatic rings. The van der Waals surface area contributed by atoms with Crippen molar-refractivity contribution >= 4 is 17.9 Å². The zero-order valence-electron chi connectivity index (χ0n) is 25.5. The minimum absolute atomic E-state index is 0.478. The number of rotatable bonds is 27. The van der Waals surface area contributed by atoms with E-state index < -0.39 is 35.7 Å². The van der Waals surface area contributed by atoms with E-state index in [9.17, 15) is 29.7 Å². The topological polar surface area (TPSA) is 112 Å². The van der Waals surface area contributed by atoms with Crippen LogP contribution in [0.3, 0.4) is 0 Å². The average molecular weight is 555 g/mol. The molecule has 0 heterocycles. The molecule has 0 amide bonds. The van der Waals surface area contributed by atoms with Crippen molar-refractivity contribution in [2.24, 2.45) is 17.8 Å². The molecule has 0 bridgehead atoms. The molecule has 3 atom stereocenters. The van der Waals surface area contributed by atoms with E-state index >= 15 is 0 Å². The van der Waals surface area contributed by atoms with Crippen LogP contribution < -0.4 is 0 Å². The molecule has 0 aliphatic carbocycles. The largest absolute Gasteiger partial charge is 0.481 e. The number of hydrogen-bond donors (Lipinski definition) is 3. The van der Waals surface area contributed by atoms with Gasteiger partial charge in [0, 0.05) is 19.3 Å². The molecule has 0 saturated carbocycles. The van der Waals surface area contributed by atoms with Crippen LogP contribution >= 0.6 is 0 Å². The van der Waals surface area contributed by atoms with Gasteiger partial charge in [0.15, 0.2) is 0 Å². The van der Waals surface area contributed by atoms with E-state index in [2.05, 4.69) is 19.1 Å². The van der Waals surface area contributed by atoms with Gasteiger partial charge in [-0.05, 0) is 32.1 Å². The van der Waals surface area contributed by atoms with Crippen LogP contribution in [0.25, 0.3) is 0 Å². The molecule has 0 rings (SSSR count). The van der Waals surface area contributed by atoms with Crippen molar-refractivity contribution < 1.29 is 34.2 Å². The number of allylic oxidation sites excluding steroid dienone is 2. The second-order valence-electron chi connectivity index (χ2n) is 11.9. The number of aliphatic carboxylic acids is 3. The van der Waals surface area contributed by atoms with Gasteiger partial charge >= 0.3 is 17.9 Å². The Labute approximate surface area is 238 Å². The third kappa shape index (κ3) is 19.8. The van der Waals surface area contributed by atoms with Crippen LogP contribution in [-0.4, -0.2) is 63.9 Å². The molecule has 0 spiro atoms. The van der Waals surface area contributed by atoms with Crippen molar-refractivity contribution in [3.63, 3.8) is 0 Å². The number of quaternary nitrogens is 1. The smallest absolute Gasteiger partial charge is 0.306 e. The van der Waals surface area contributed by atoms with Crippen molar-refractivity contribution in [1.82, 2.24) is 0 Å². The average Bonchev–Trinajstić information content (AvgIpc) is 2.90. The highest BCUT2D eigenvalue weighted by Crippen LogP contribution is 2.22. The van der Waals surface area contributed by atoms with Crippen LogP contribution in [0.4, 0.5) is 0 Å². The fourth-order valence-corrected chi connectivity index (χ4v) is 5.03. The van der Waals surface area contributed by atoms with E-state index in [1.54, 1.807) is 20.8 Å². The lowest BCUT2D eigenvalue weighted by atomic mass is 10.0. The van der Waals surface area contributed by atoms with E-state index in [1.165, 1.54) is 64.2 Å². The minimum Gasteiger partial charge on any atom is -0.481 e. The first-order valence-corrected chi connectivity index (χ1v) is 15.7. The second-order valence-corrected chi connectivity index (χ2v) is 11.9. The Kier molecular flexibility index (Phi) is 21.8. The summed E-state index contributed by atoms with van der Waals surface area (Å²) in [5.41, 5.74) is 0. The summed E-state index contributed by atoms with van der Waals surface area (Å²) < 4.78 is 0.612. The molecule has 0 aromatic heterocycles. The molecule has 7 heteroatoms. The monoisotopic (exact) mass is 554 g/mol. The first-order valence-electron chi connectivity index (χ1n) is 15.7. The Morgan fingerprint density at radius 3 is 1.21 bits per heavy atom. The quantitative estimate of drug-likeness (QED) is 0.0543. The van der Waals surface area contributed by atoms with Crippen molar-refractivity contribution in [3.05, 3.63) is 12.2 Å². The molecule has 0 saturated heterocycles. The standard InChI is InChI=1S/C32H59NO6/c1-5-6-7-8-9-10-11-12-13-14-15-16-17-18-19-23-33(24-20-27(2)30(34)35,25-21-28(3)31(36)37)26-22-29(4)32(38)39/h6-7,27-29H,5,8-26H2,1-4H3,(H2-,34,35,36,37,38,39)/p+1/b7-6+. The summed E-state index contributed by atoms with van der Waals surface area (Å²) in [6.45, 7) is 10.1. The SMILES string of the molecule is CC/C=C/CCCCCCCCCCCCC[N+](CCC(C)C(=O)O)(CCC(C)C(=O)O)CCC(C)C(=O)O. The number of carboxylic acids is 3. The second kappa shape index (κ2) is 22.9. The van der Waals surface area contributed by atoms with Gasteiger partial charge in [0.05, 0.1) is 43.9 Å². The molecule has 0 radical (unpaired) electrons. The van der Waals surface area contributed by atoms with Crippen LogP contribution in [0, 0.1) is 17.8 Å². The van der Waals surface area contributed by atoms with Crippen LogP contribution in [0.1, 0.15) is 130 Å². The lowest BCUT2D eigenvalue weighted by Crippen LogP contribution is -2.52. The third-order valence-electron chi connectivity index (χ3n) is 8.28. The molecular weight excluding hydrogens is 494 g/mol. The third-order valence-corrected chi connectivity index (χ3v) is 8.28. The van der Waals surface area contributed by atoms with E-state index in [0.29, 0.717) is 43.4 Å². The fourth-order valence-electron chi connectivity index (χ4n) is 5.03. The van der Waals surface area contributed by atoms with Crippen LogP contribution in [0.2, 0.25) is 0 Å². The number of hydrogen-bond acceptors (Lipinski definition) is 3. The van der Waals surface area contributed by atoms with Gasteiger partial charge in [0.2, 0.25) is 0 Å². The number of carboxylic acid groups (broad SMARTS) is 3. The van der Waals surface area contributed by atoms with E-state index in [0.717, 1.165) is 25.8 Å². The molecule has 0 aliphatic heterocycles. The van der Waals surface area contributed by atoms with Crippen LogP contribution in [-0.2, 0) is 14.4 Å². The molecule has 0 aliphatic rings. The lowest BCUT2D eigenvalue weighted by Gasteiger charge is -2.40. The molecule has 7 nitrogen and oxygen atoms in total. The Morgan fingerprint density at radius 2 is 0.872 bits per heavy atom. The predicted molar refractivity (Wildman–Crippen MR) is 159 cm³/mol. The fraction of sp³-hybridized carbons (Fsp3) is 0.844. The predicted octanol–water partition coefficient (Wildman–Crippen LogP) is 7.78. The Hall–Kier alpha value is -1.89. The maximum absolute atomic E-state index is 11.5. The lowest BCUT2D eigenvalue weighted by molar-refractivity contribution is -0.929. The van der Waals surface area contributed by atoms with Gasteiger partial charge < -0.3 is 19.8 Å². The summed E-state index contributed by atoms with van der Waals surface area (Å²) in [5.74, 6) is -3.90. The highest BCUT2D eigenvalue weighted by molar-refractivity contribution is 5.70. The van der Waals surface area contributed by atoms with Crippen molar-refractivity contribution in [3.8, 4) is 0 Å². The molecule has 228 valence electrons. The number of nitrogens with zero attached hydrogens (tertiary/aromatic N) is 1. The van der Waals surface area contributed by atoms with Gasteiger partial charge in [-0.25, -0.2) is 0 Å². The molecule has 3 unspecified atom stereocenters. The van der Waals surface area contributed by atoms with Gasteiger partial charge in [-0.2, -0.15) is 0 Å². The highest BCUT2D eigenvalue weighted by atomic mass is 16.4. The number of carbonyl (C=O) groups is 3. The maximum atomic E-state index is 11.5. The Morgan fingerprint density at radius 1 is 0.538 bits per heavy atom. The highest BCUT2D eigenvalue weighted by Gasteiger charge is 2.31. The molecule has 0 aromatic carbocycles. The Balaban J connectivity index is 4.69. The zero-order chi connectivity index (χ0) is 29.5. The van der Waals surface area contributed by atoms with Gasteiger partial charge in [-0.1, -0.05) is 91.2 Å². The molecule has 0 fully saturated rings. The summed E-state index contributed by atoms with van der Waals surface area (Å²) in [5, 5.41) is 28.2. The summed E-state index contributed by atoms with van der Waals surface area (Å²) >= 11 is 0. The molecular formula is C32H60NO6+. The van der Waals surface area contributed by atoms with Gasteiger partial charge in [0.1, 0.15) is 0 Å². The normalized spacial score (nSPS) is 15.6. The van der Waals surface area contributed by atoms with E-state index in [1.807, 2.05) is 0 Å². The Bertz CT molecular complexity index is 632. The maximum Gasteiger partial charge on any atom is 0.306 e. The summed E-state index contributed by atoms with van der Waals surface area (Å²) in [4.78, 5) is 34.4. The first kappa shape index (κ1) is 37.1. The summed E-state index contributed by atoms with van der Waals surface area (Å²) in [7, 11) is 0. The minimum atomic E-state index is -0.824. The molecule has 3 N–H and O–H groups in total. The zero-order valence-corrected chi connectivity index (χ0v) is 25.5. The van der Waals surface area contributed by atoms with Crippen LogP contribution in [0.5, 0.6) is 0 Å². The summed E-state index contributed by atoms with van der Waals surface area (Å²) in [6, 6.07) is 0. The van der Waals surface area contributed by atoms with Gasteiger partial charge in [0.25, 0.3) is 0 Å². The van der Waals surface area contributed by atoms with E-state index in [-0.39, 0.29) is 0 Å². The van der Waals surface area contributed by atoms with Crippen molar-refractivity contribution in [2.75, 3.05) is 26.2 Å². The van der Waals surface area contributed by atoms with Gasteiger partial charge in [-0.3, -0.25) is 14.4 Å².